The summed E-state index contributed by atoms with van der Waals surface area (Å²) >= 11 is 0. The minimum atomic E-state index is -2.97. The van der Waals surface area contributed by atoms with Crippen LogP contribution < -0.4 is 11.2 Å². The first kappa shape index (κ1) is 23.8. The summed E-state index contributed by atoms with van der Waals surface area (Å²) in [6, 6.07) is 8.47. The molecule has 4 rings (SSSR count). The van der Waals surface area contributed by atoms with E-state index in [-0.39, 0.29) is 43.1 Å². The lowest BCUT2D eigenvalue weighted by molar-refractivity contribution is -0.0803. The molecule has 0 radical (unpaired) electrons. The van der Waals surface area contributed by atoms with Gasteiger partial charge in [0.1, 0.15) is 5.82 Å². The number of aliphatic hydroxyl groups excluding tert-OH is 1. The number of imidazole rings is 1. The fourth-order valence-corrected chi connectivity index (χ4v) is 4.40. The van der Waals surface area contributed by atoms with Gasteiger partial charge in [0.2, 0.25) is 5.92 Å². The summed E-state index contributed by atoms with van der Waals surface area (Å²) in [5.74, 6) is -3.14. The second-order valence-corrected chi connectivity index (χ2v) is 8.70. The van der Waals surface area contributed by atoms with Crippen LogP contribution in [0, 0.1) is 11.3 Å². The van der Waals surface area contributed by atoms with Crippen LogP contribution in [0.3, 0.4) is 0 Å². The zero-order valence-corrected chi connectivity index (χ0v) is 18.6. The van der Waals surface area contributed by atoms with E-state index in [0.29, 0.717) is 11.1 Å². The predicted molar refractivity (Wildman–Crippen MR) is 117 cm³/mol. The number of fused-ring (bicyclic) bond motifs is 1. The summed E-state index contributed by atoms with van der Waals surface area (Å²) < 4.78 is 47.2. The highest BCUT2D eigenvalue weighted by atomic mass is 19.3. The molecule has 1 aliphatic rings. The van der Waals surface area contributed by atoms with Crippen molar-refractivity contribution in [3.8, 4) is 6.07 Å². The van der Waals surface area contributed by atoms with Crippen molar-refractivity contribution in [3.63, 3.8) is 0 Å². The third-order valence-electron chi connectivity index (χ3n) is 6.37. The van der Waals surface area contributed by atoms with Crippen LogP contribution in [-0.2, 0) is 25.8 Å². The van der Waals surface area contributed by atoms with Crippen molar-refractivity contribution in [3.05, 3.63) is 62.1 Å². The van der Waals surface area contributed by atoms with Crippen LogP contribution >= 0.6 is 0 Å². The Morgan fingerprint density at radius 3 is 2.32 bits per heavy atom. The summed E-state index contributed by atoms with van der Waals surface area (Å²) in [7, 11) is 1.41. The highest BCUT2D eigenvalue weighted by molar-refractivity contribution is 5.71. The Hall–Kier alpha value is -3.39. The molecule has 8 nitrogen and oxygen atoms in total. The van der Waals surface area contributed by atoms with Crippen molar-refractivity contribution >= 4 is 11.2 Å². The number of halogens is 3. The molecule has 3 aromatic rings. The molecule has 0 spiro atoms. The van der Waals surface area contributed by atoms with Crippen molar-refractivity contribution in [1.82, 2.24) is 18.7 Å². The van der Waals surface area contributed by atoms with E-state index in [0.717, 1.165) is 9.13 Å². The monoisotopic (exact) mass is 475 g/mol. The smallest absolute Gasteiger partial charge is 0.332 e. The van der Waals surface area contributed by atoms with Crippen LogP contribution in [0.15, 0.2) is 33.9 Å². The van der Waals surface area contributed by atoms with Crippen LogP contribution in [0.2, 0.25) is 0 Å². The molecule has 1 saturated carbocycles. The normalized spacial score (nSPS) is 17.1. The van der Waals surface area contributed by atoms with Crippen LogP contribution in [0.4, 0.5) is 13.2 Å². The highest BCUT2D eigenvalue weighted by Crippen LogP contribution is 2.46. The van der Waals surface area contributed by atoms with Gasteiger partial charge in [0.25, 0.3) is 5.56 Å². The van der Waals surface area contributed by atoms with Crippen molar-refractivity contribution in [2.45, 2.75) is 56.8 Å². The number of aryl methyl sites for hydroxylation is 1. The van der Waals surface area contributed by atoms with Crippen molar-refractivity contribution in [1.29, 1.82) is 5.26 Å². The number of rotatable bonds is 6. The first-order valence-electron chi connectivity index (χ1n) is 11.0. The molecule has 180 valence electrons. The van der Waals surface area contributed by atoms with E-state index in [2.05, 4.69) is 4.98 Å². The fraction of sp³-hybridized carbons (Fsp3) is 0.478. The van der Waals surface area contributed by atoms with Gasteiger partial charge in [-0.3, -0.25) is 13.9 Å². The van der Waals surface area contributed by atoms with Gasteiger partial charge in [-0.25, -0.2) is 22.9 Å². The third kappa shape index (κ3) is 4.14. The number of alkyl halides is 3. The van der Waals surface area contributed by atoms with Crippen molar-refractivity contribution in [2.24, 2.45) is 7.05 Å². The van der Waals surface area contributed by atoms with Gasteiger partial charge in [-0.05, 0) is 37.0 Å². The average molecular weight is 475 g/mol. The molecule has 0 bridgehead atoms. The number of hydrogen-bond donors (Lipinski definition) is 1. The largest absolute Gasteiger partial charge is 0.396 e. The second-order valence-electron chi connectivity index (χ2n) is 8.70. The Morgan fingerprint density at radius 1 is 1.09 bits per heavy atom. The van der Waals surface area contributed by atoms with Gasteiger partial charge in [0.15, 0.2) is 16.8 Å². The minimum absolute atomic E-state index is 0.00690. The van der Waals surface area contributed by atoms with Crippen molar-refractivity contribution < 1.29 is 18.3 Å². The van der Waals surface area contributed by atoms with Gasteiger partial charge < -0.3 is 9.67 Å². The fourth-order valence-electron chi connectivity index (χ4n) is 4.40. The molecule has 2 aromatic heterocycles. The molecule has 1 fully saturated rings. The summed E-state index contributed by atoms with van der Waals surface area (Å²) in [6.45, 7) is -0.277. The quantitative estimate of drug-likeness (QED) is 0.590. The Morgan fingerprint density at radius 2 is 1.74 bits per heavy atom. The van der Waals surface area contributed by atoms with E-state index in [1.54, 1.807) is 24.3 Å². The van der Waals surface area contributed by atoms with Gasteiger partial charge in [-0.1, -0.05) is 12.1 Å². The molecule has 1 aliphatic carbocycles. The molecule has 1 N–H and O–H groups in total. The molecule has 0 unspecified atom stereocenters. The number of nitrogens with zero attached hydrogens (tertiary/aromatic N) is 5. The van der Waals surface area contributed by atoms with Crippen LogP contribution in [0.1, 0.15) is 49.1 Å². The number of hydrogen-bond acceptors (Lipinski definition) is 5. The molecule has 0 aliphatic heterocycles. The van der Waals surface area contributed by atoms with Gasteiger partial charge in [0.05, 0.1) is 11.6 Å². The lowest BCUT2D eigenvalue weighted by Gasteiger charge is -2.33. The zero-order chi connectivity index (χ0) is 24.7. The highest BCUT2D eigenvalue weighted by Gasteiger charge is 2.47. The minimum Gasteiger partial charge on any atom is -0.396 e. The maximum atomic E-state index is 16.1. The van der Waals surface area contributed by atoms with Gasteiger partial charge >= 0.3 is 5.69 Å². The van der Waals surface area contributed by atoms with E-state index in [1.165, 1.54) is 11.6 Å². The van der Waals surface area contributed by atoms with Crippen LogP contribution in [0.25, 0.3) is 11.2 Å². The van der Waals surface area contributed by atoms with E-state index >= 15 is 4.39 Å². The maximum absolute atomic E-state index is 16.1. The Labute approximate surface area is 192 Å². The van der Waals surface area contributed by atoms with E-state index in [9.17, 15) is 18.4 Å². The molecule has 0 atom stereocenters. The van der Waals surface area contributed by atoms with Crippen LogP contribution in [0.5, 0.6) is 0 Å². The first-order valence-corrected chi connectivity index (χ1v) is 11.0. The van der Waals surface area contributed by atoms with Gasteiger partial charge in [-0.2, -0.15) is 5.26 Å². The number of aromatic nitrogens is 4. The summed E-state index contributed by atoms with van der Waals surface area (Å²) in [5.41, 5.74) is -2.55. The van der Waals surface area contributed by atoms with Crippen molar-refractivity contribution in [2.75, 3.05) is 6.61 Å². The standard InChI is InChI=1S/C23H24F3N5O3/c1-29-18-17(19(33)30(21(29)34)11-2-12-32)31(14-16-5-3-15(13-27)4-6-16)20(28-18)22(24)7-9-23(25,26)10-8-22/h3-6,32H,2,7-12,14H2,1H3. The molecule has 11 heteroatoms. The second kappa shape index (κ2) is 8.76. The molecule has 2 heterocycles. The topological polar surface area (TPSA) is 106 Å². The molecule has 1 aromatic carbocycles. The van der Waals surface area contributed by atoms with Gasteiger partial charge in [0, 0.05) is 39.6 Å². The number of aliphatic hydroxyl groups is 1. The molecule has 34 heavy (non-hydrogen) atoms. The van der Waals surface area contributed by atoms with E-state index < -0.39 is 48.5 Å². The van der Waals surface area contributed by atoms with E-state index in [1.807, 2.05) is 6.07 Å². The Balaban J connectivity index is 1.95. The van der Waals surface area contributed by atoms with Crippen LogP contribution in [-0.4, -0.2) is 36.3 Å². The SMILES string of the molecule is Cn1c(=O)n(CCCO)c(=O)c2c1nc(C1(F)CCC(F)(F)CC1)n2Cc1ccc(C#N)cc1. The molecule has 0 amide bonds. The predicted octanol–water partition coefficient (Wildman–Crippen LogP) is 2.57. The number of benzene rings is 1. The first-order chi connectivity index (χ1) is 16.1. The maximum Gasteiger partial charge on any atom is 0.332 e. The van der Waals surface area contributed by atoms with E-state index in [4.69, 9.17) is 10.4 Å². The third-order valence-corrected chi connectivity index (χ3v) is 6.37. The zero-order valence-electron chi connectivity index (χ0n) is 18.6. The Kier molecular flexibility index (Phi) is 6.12. The molecular weight excluding hydrogens is 451 g/mol. The number of nitriles is 1. The lowest BCUT2D eigenvalue weighted by Crippen LogP contribution is -2.40. The summed E-state index contributed by atoms with van der Waals surface area (Å²) in [5, 5.41) is 18.2. The lowest BCUT2D eigenvalue weighted by atomic mass is 9.83. The molecule has 0 saturated heterocycles. The summed E-state index contributed by atoms with van der Waals surface area (Å²) in [6.07, 6.45) is -2.07. The summed E-state index contributed by atoms with van der Waals surface area (Å²) in [4.78, 5) is 30.4. The van der Waals surface area contributed by atoms with Gasteiger partial charge in [-0.15, -0.1) is 0 Å². The average Bonchev–Trinajstić information content (AvgIpc) is 3.20. The Bertz CT molecular complexity index is 1370. The molecular formula is C23H24F3N5O3.